The minimum absolute atomic E-state index is 0.221. The number of anilines is 1. The van der Waals surface area contributed by atoms with Gasteiger partial charge in [-0.2, -0.15) is 5.26 Å². The Bertz CT molecular complexity index is 366. The van der Waals surface area contributed by atoms with Gasteiger partial charge >= 0.3 is 0 Å². The number of hydrogen-bond donors (Lipinski definition) is 1. The smallest absolute Gasteiger partial charge is 0.101 e. The molecule has 4 nitrogen and oxygen atoms in total. The van der Waals surface area contributed by atoms with Crippen molar-refractivity contribution in [2.75, 3.05) is 24.6 Å². The van der Waals surface area contributed by atoms with Crippen molar-refractivity contribution in [1.82, 2.24) is 4.98 Å². The van der Waals surface area contributed by atoms with Crippen LogP contribution in [-0.2, 0) is 0 Å². The number of pyridine rings is 1. The van der Waals surface area contributed by atoms with Gasteiger partial charge in [0.05, 0.1) is 17.4 Å². The Morgan fingerprint density at radius 2 is 2.43 bits per heavy atom. The molecule has 0 unspecified atom stereocenters. The molecule has 4 heteroatoms. The highest BCUT2D eigenvalue weighted by Crippen LogP contribution is 2.26. The summed E-state index contributed by atoms with van der Waals surface area (Å²) in [7, 11) is 0. The van der Waals surface area contributed by atoms with E-state index in [-0.39, 0.29) is 6.61 Å². The summed E-state index contributed by atoms with van der Waals surface area (Å²) in [6, 6.07) is 3.84. The fourth-order valence-corrected chi connectivity index (χ4v) is 1.61. The minimum Gasteiger partial charge on any atom is -0.396 e. The van der Waals surface area contributed by atoms with Gasteiger partial charge < -0.3 is 10.0 Å². The zero-order chi connectivity index (χ0) is 9.97. The van der Waals surface area contributed by atoms with Crippen LogP contribution >= 0.6 is 0 Å². The van der Waals surface area contributed by atoms with Crippen LogP contribution in [0.15, 0.2) is 18.5 Å². The third-order valence-corrected chi connectivity index (χ3v) is 2.48. The largest absolute Gasteiger partial charge is 0.396 e. The molecule has 14 heavy (non-hydrogen) atoms. The van der Waals surface area contributed by atoms with Crippen molar-refractivity contribution in [3.8, 4) is 6.07 Å². The van der Waals surface area contributed by atoms with Gasteiger partial charge in [-0.1, -0.05) is 0 Å². The number of aromatic nitrogens is 1. The highest BCUT2D eigenvalue weighted by atomic mass is 16.3. The van der Waals surface area contributed by atoms with Gasteiger partial charge in [0.15, 0.2) is 0 Å². The third kappa shape index (κ3) is 1.42. The predicted octanol–water partition coefficient (Wildman–Crippen LogP) is 0.382. The standard InChI is InChI=1S/C10H11N3O/c11-3-9-1-2-12-4-10(9)13-5-8(6-13)7-14/h1-2,4,8,14H,5-7H2. The van der Waals surface area contributed by atoms with E-state index in [1.165, 1.54) is 0 Å². The molecule has 1 aromatic heterocycles. The molecule has 0 aromatic carbocycles. The average Bonchev–Trinajstić information content (AvgIpc) is 2.17. The quantitative estimate of drug-likeness (QED) is 0.730. The van der Waals surface area contributed by atoms with Crippen LogP contribution in [0.2, 0.25) is 0 Å². The highest BCUT2D eigenvalue weighted by molar-refractivity contribution is 5.59. The first-order valence-electron chi connectivity index (χ1n) is 4.55. The van der Waals surface area contributed by atoms with Crippen LogP contribution in [0.5, 0.6) is 0 Å². The van der Waals surface area contributed by atoms with Gasteiger partial charge in [-0.15, -0.1) is 0 Å². The summed E-state index contributed by atoms with van der Waals surface area (Å²) < 4.78 is 0. The number of aliphatic hydroxyl groups is 1. The first kappa shape index (κ1) is 8.97. The molecule has 0 radical (unpaired) electrons. The van der Waals surface area contributed by atoms with Gasteiger partial charge in [0.25, 0.3) is 0 Å². The van der Waals surface area contributed by atoms with Gasteiger partial charge in [-0.3, -0.25) is 4.98 Å². The molecule has 0 atom stereocenters. The Morgan fingerprint density at radius 1 is 1.64 bits per heavy atom. The summed E-state index contributed by atoms with van der Waals surface area (Å²) in [5.41, 5.74) is 1.52. The zero-order valence-corrected chi connectivity index (χ0v) is 7.72. The summed E-state index contributed by atoms with van der Waals surface area (Å²) in [5, 5.41) is 17.7. The molecule has 0 aliphatic carbocycles. The molecule has 1 fully saturated rings. The van der Waals surface area contributed by atoms with Crippen molar-refractivity contribution >= 4 is 5.69 Å². The molecule has 1 aromatic rings. The zero-order valence-electron chi connectivity index (χ0n) is 7.72. The average molecular weight is 189 g/mol. The summed E-state index contributed by atoms with van der Waals surface area (Å²) in [6.45, 7) is 1.85. The third-order valence-electron chi connectivity index (χ3n) is 2.48. The topological polar surface area (TPSA) is 60.2 Å². The normalized spacial score (nSPS) is 16.1. The Labute approximate surface area is 82.4 Å². The maximum absolute atomic E-state index is 8.87. The van der Waals surface area contributed by atoms with Crippen LogP contribution in [0, 0.1) is 17.2 Å². The second-order valence-corrected chi connectivity index (χ2v) is 3.46. The number of rotatable bonds is 2. The molecule has 72 valence electrons. The lowest BCUT2D eigenvalue weighted by atomic mass is 10.00. The van der Waals surface area contributed by atoms with Crippen LogP contribution in [0.1, 0.15) is 5.56 Å². The van der Waals surface area contributed by atoms with E-state index in [0.717, 1.165) is 18.8 Å². The lowest BCUT2D eigenvalue weighted by Crippen LogP contribution is -2.48. The minimum atomic E-state index is 0.221. The van der Waals surface area contributed by atoms with Crippen molar-refractivity contribution in [3.05, 3.63) is 24.0 Å². The van der Waals surface area contributed by atoms with Crippen LogP contribution < -0.4 is 4.90 Å². The second kappa shape index (κ2) is 3.64. The molecule has 1 aliphatic heterocycles. The molecule has 0 amide bonds. The van der Waals surface area contributed by atoms with E-state index < -0.39 is 0 Å². The van der Waals surface area contributed by atoms with Gasteiger partial charge in [0.1, 0.15) is 6.07 Å². The van der Waals surface area contributed by atoms with Gasteiger partial charge in [0, 0.05) is 31.8 Å². The molecule has 1 aliphatic rings. The van der Waals surface area contributed by atoms with E-state index in [1.807, 2.05) is 0 Å². The number of nitrogens with zero attached hydrogens (tertiary/aromatic N) is 3. The van der Waals surface area contributed by atoms with Crippen molar-refractivity contribution in [3.63, 3.8) is 0 Å². The molecular formula is C10H11N3O. The van der Waals surface area contributed by atoms with Gasteiger partial charge in [-0.05, 0) is 6.07 Å². The molecule has 1 N–H and O–H groups in total. The molecule has 1 saturated heterocycles. The fraction of sp³-hybridized carbons (Fsp3) is 0.400. The Balaban J connectivity index is 2.15. The number of aliphatic hydroxyl groups excluding tert-OH is 1. The maximum Gasteiger partial charge on any atom is 0.101 e. The molecule has 0 spiro atoms. The summed E-state index contributed by atoms with van der Waals surface area (Å²) >= 11 is 0. The number of nitriles is 1. The Kier molecular flexibility index (Phi) is 2.33. The van der Waals surface area contributed by atoms with Crippen LogP contribution in [0.3, 0.4) is 0 Å². The summed E-state index contributed by atoms with van der Waals surface area (Å²) in [5.74, 6) is 0.349. The van der Waals surface area contributed by atoms with Gasteiger partial charge in [0.2, 0.25) is 0 Å². The van der Waals surface area contributed by atoms with Crippen LogP contribution in [-0.4, -0.2) is 29.8 Å². The molecule has 0 saturated carbocycles. The van der Waals surface area contributed by atoms with Crippen molar-refractivity contribution in [1.29, 1.82) is 5.26 Å². The van der Waals surface area contributed by atoms with E-state index in [4.69, 9.17) is 10.4 Å². The second-order valence-electron chi connectivity index (χ2n) is 3.46. The van der Waals surface area contributed by atoms with E-state index in [9.17, 15) is 0 Å². The fourth-order valence-electron chi connectivity index (χ4n) is 1.61. The SMILES string of the molecule is N#Cc1ccncc1N1CC(CO)C1. The molecule has 2 heterocycles. The van der Waals surface area contributed by atoms with Gasteiger partial charge in [-0.25, -0.2) is 0 Å². The van der Waals surface area contributed by atoms with Crippen molar-refractivity contribution in [2.24, 2.45) is 5.92 Å². The van der Waals surface area contributed by atoms with Crippen LogP contribution in [0.25, 0.3) is 0 Å². The first-order chi connectivity index (χ1) is 6.85. The maximum atomic E-state index is 8.87. The highest BCUT2D eigenvalue weighted by Gasteiger charge is 2.27. The van der Waals surface area contributed by atoms with Crippen molar-refractivity contribution in [2.45, 2.75) is 0 Å². The van der Waals surface area contributed by atoms with Crippen molar-refractivity contribution < 1.29 is 5.11 Å². The summed E-state index contributed by atoms with van der Waals surface area (Å²) in [4.78, 5) is 6.05. The van der Waals surface area contributed by atoms with E-state index >= 15 is 0 Å². The number of hydrogen-bond acceptors (Lipinski definition) is 4. The predicted molar refractivity (Wildman–Crippen MR) is 51.7 cm³/mol. The lowest BCUT2D eigenvalue weighted by molar-refractivity contribution is 0.200. The monoisotopic (exact) mass is 189 g/mol. The summed E-state index contributed by atoms with van der Waals surface area (Å²) in [6.07, 6.45) is 3.32. The first-order valence-corrected chi connectivity index (χ1v) is 4.55. The molecular weight excluding hydrogens is 178 g/mol. The Hall–Kier alpha value is -1.60. The van der Waals surface area contributed by atoms with E-state index in [1.54, 1.807) is 18.5 Å². The van der Waals surface area contributed by atoms with Crippen LogP contribution in [0.4, 0.5) is 5.69 Å². The lowest BCUT2D eigenvalue weighted by Gasteiger charge is -2.40. The van der Waals surface area contributed by atoms with E-state index in [2.05, 4.69) is 16.0 Å². The Morgan fingerprint density at radius 3 is 3.07 bits per heavy atom. The van der Waals surface area contributed by atoms with E-state index in [0.29, 0.717) is 11.5 Å². The molecule has 0 bridgehead atoms. The molecule has 2 rings (SSSR count).